The van der Waals surface area contributed by atoms with Crippen molar-refractivity contribution in [1.29, 1.82) is 0 Å². The molecule has 0 bridgehead atoms. The van der Waals surface area contributed by atoms with Crippen LogP contribution in [0.1, 0.15) is 95.4 Å². The molecule has 0 saturated carbocycles. The summed E-state index contributed by atoms with van der Waals surface area (Å²) in [6, 6.07) is 11.3. The van der Waals surface area contributed by atoms with E-state index in [9.17, 15) is 14.4 Å². The van der Waals surface area contributed by atoms with Crippen LogP contribution in [0.5, 0.6) is 0 Å². The molecule has 7 nitrogen and oxygen atoms in total. The molecular weight excluding hydrogens is 582 g/mol. The summed E-state index contributed by atoms with van der Waals surface area (Å²) in [5.74, 6) is -0.0182. The van der Waals surface area contributed by atoms with Crippen molar-refractivity contribution >= 4 is 47.0 Å². The van der Waals surface area contributed by atoms with E-state index in [0.29, 0.717) is 29.4 Å². The molecule has 0 saturated heterocycles. The predicted octanol–water partition coefficient (Wildman–Crippen LogP) is 8.47. The highest BCUT2D eigenvalue weighted by molar-refractivity contribution is 7.98. The summed E-state index contributed by atoms with van der Waals surface area (Å²) < 4.78 is 5.51. The highest BCUT2D eigenvalue weighted by atomic mass is 35.5. The van der Waals surface area contributed by atoms with Gasteiger partial charge in [0.15, 0.2) is 0 Å². The number of nitrogens with one attached hydrogen (secondary N) is 2. The number of para-hydroxylation sites is 1. The first-order valence-corrected chi connectivity index (χ1v) is 17.1. The lowest BCUT2D eigenvalue weighted by molar-refractivity contribution is -0.141. The highest BCUT2D eigenvalue weighted by Crippen LogP contribution is 2.31. The molecule has 2 rings (SSSR count). The number of anilines is 1. The normalized spacial score (nSPS) is 12.7. The minimum absolute atomic E-state index is 0.312. The number of unbranched alkanes of at least 4 members (excludes halogenated alkanes) is 5. The van der Waals surface area contributed by atoms with Gasteiger partial charge in [-0.15, -0.1) is 0 Å². The van der Waals surface area contributed by atoms with Crippen molar-refractivity contribution < 1.29 is 19.1 Å². The number of nitrogens with zero attached hydrogens (tertiary/aromatic N) is 1. The summed E-state index contributed by atoms with van der Waals surface area (Å²) in [4.78, 5) is 43.2. The Kier molecular flexibility index (Phi) is 15.4. The summed E-state index contributed by atoms with van der Waals surface area (Å²) >= 11 is 8.09. The van der Waals surface area contributed by atoms with Gasteiger partial charge in [0.25, 0.3) is 5.91 Å². The van der Waals surface area contributed by atoms with Crippen LogP contribution in [0.3, 0.4) is 0 Å². The van der Waals surface area contributed by atoms with Crippen molar-refractivity contribution in [3.05, 3.63) is 64.2 Å². The monoisotopic (exact) mass is 631 g/mol. The SMILES string of the molecule is CCCCCCCCN(C(=O)C(CCSC)NC(=O)OC(C)(C)C)C(C(=O)Nc1c(C)cccc1Cl)c1ccccc1C. The number of ether oxygens (including phenoxy) is 1. The zero-order chi connectivity index (χ0) is 32.0. The van der Waals surface area contributed by atoms with Gasteiger partial charge in [0.05, 0.1) is 10.7 Å². The Labute approximate surface area is 267 Å². The van der Waals surface area contributed by atoms with Crippen LogP contribution in [-0.4, -0.2) is 53.0 Å². The van der Waals surface area contributed by atoms with Crippen LogP contribution in [0.2, 0.25) is 5.02 Å². The standard InChI is InChI=1S/C34H50ClN3O4S/c1-8-9-10-11-12-15-22-38(32(40)28(21-23-43-7)36-33(41)42-34(4,5)6)30(26-19-14-13-17-24(26)2)31(39)37-29-25(3)18-16-20-27(29)35/h13-14,16-20,28,30H,8-12,15,21-23H2,1-7H3,(H,36,41)(H,37,39). The minimum atomic E-state index is -0.933. The number of rotatable bonds is 16. The summed E-state index contributed by atoms with van der Waals surface area (Å²) in [6.07, 6.45) is 7.88. The molecule has 0 aromatic heterocycles. The average molecular weight is 632 g/mol. The maximum atomic E-state index is 14.5. The molecule has 2 aromatic rings. The Bertz CT molecular complexity index is 1180. The summed E-state index contributed by atoms with van der Waals surface area (Å²) in [6.45, 7) is 11.7. The number of hydrogen-bond acceptors (Lipinski definition) is 5. The van der Waals surface area contributed by atoms with Crippen molar-refractivity contribution in [2.75, 3.05) is 23.9 Å². The van der Waals surface area contributed by atoms with Gasteiger partial charge < -0.3 is 20.3 Å². The number of carbonyl (C=O) groups excluding carboxylic acids is 3. The lowest BCUT2D eigenvalue weighted by Gasteiger charge is -2.35. The second-order valence-electron chi connectivity index (χ2n) is 12.0. The van der Waals surface area contributed by atoms with Gasteiger partial charge in [-0.25, -0.2) is 4.79 Å². The first kappa shape index (κ1) is 36.5. The Balaban J connectivity index is 2.55. The summed E-state index contributed by atoms with van der Waals surface area (Å²) in [7, 11) is 0. The predicted molar refractivity (Wildman–Crippen MR) is 180 cm³/mol. The fourth-order valence-corrected chi connectivity index (χ4v) is 5.64. The molecule has 43 heavy (non-hydrogen) atoms. The van der Waals surface area contributed by atoms with Crippen LogP contribution in [0.25, 0.3) is 0 Å². The number of alkyl carbamates (subject to hydrolysis) is 1. The second-order valence-corrected chi connectivity index (χ2v) is 13.4. The molecule has 9 heteroatoms. The Hall–Kier alpha value is -2.71. The molecule has 2 atom stereocenters. The zero-order valence-electron chi connectivity index (χ0n) is 26.9. The number of benzene rings is 2. The summed E-state index contributed by atoms with van der Waals surface area (Å²) in [5, 5.41) is 6.27. The maximum absolute atomic E-state index is 14.5. The molecule has 2 aromatic carbocycles. The van der Waals surface area contributed by atoms with E-state index >= 15 is 0 Å². The summed E-state index contributed by atoms with van der Waals surface area (Å²) in [5.41, 5.74) is 2.24. The number of carbonyl (C=O) groups is 3. The Morgan fingerprint density at radius 3 is 2.23 bits per heavy atom. The third-order valence-corrected chi connectivity index (χ3v) is 8.11. The third kappa shape index (κ3) is 12.1. The van der Waals surface area contributed by atoms with E-state index in [-0.39, 0.29) is 11.8 Å². The first-order valence-electron chi connectivity index (χ1n) is 15.3. The third-order valence-electron chi connectivity index (χ3n) is 7.15. The smallest absolute Gasteiger partial charge is 0.408 e. The van der Waals surface area contributed by atoms with E-state index in [1.54, 1.807) is 43.5 Å². The van der Waals surface area contributed by atoms with Crippen molar-refractivity contribution in [3.63, 3.8) is 0 Å². The fourth-order valence-electron chi connectivity index (χ4n) is 4.90. The van der Waals surface area contributed by atoms with Gasteiger partial charge >= 0.3 is 6.09 Å². The van der Waals surface area contributed by atoms with Gasteiger partial charge in [-0.1, -0.05) is 87.0 Å². The van der Waals surface area contributed by atoms with Crippen LogP contribution in [0.4, 0.5) is 10.5 Å². The highest BCUT2D eigenvalue weighted by Gasteiger charge is 2.37. The van der Waals surface area contributed by atoms with Crippen LogP contribution >= 0.6 is 23.4 Å². The molecular formula is C34H50ClN3O4S. The molecule has 0 fully saturated rings. The second kappa shape index (κ2) is 18.2. The Morgan fingerprint density at radius 1 is 0.953 bits per heavy atom. The quantitative estimate of drug-likeness (QED) is 0.181. The molecule has 2 N–H and O–H groups in total. The Morgan fingerprint density at radius 2 is 1.60 bits per heavy atom. The molecule has 0 aliphatic carbocycles. The van der Waals surface area contributed by atoms with E-state index in [0.717, 1.165) is 48.8 Å². The molecule has 0 radical (unpaired) electrons. The van der Waals surface area contributed by atoms with E-state index in [4.69, 9.17) is 16.3 Å². The van der Waals surface area contributed by atoms with Crippen molar-refractivity contribution in [2.24, 2.45) is 0 Å². The zero-order valence-corrected chi connectivity index (χ0v) is 28.5. The van der Waals surface area contributed by atoms with E-state index in [1.165, 1.54) is 6.42 Å². The topological polar surface area (TPSA) is 87.7 Å². The van der Waals surface area contributed by atoms with Gasteiger partial charge in [0, 0.05) is 6.54 Å². The number of thioether (sulfide) groups is 1. The van der Waals surface area contributed by atoms with E-state index < -0.39 is 23.8 Å². The molecule has 2 unspecified atom stereocenters. The van der Waals surface area contributed by atoms with Crippen LogP contribution in [-0.2, 0) is 14.3 Å². The maximum Gasteiger partial charge on any atom is 0.408 e. The molecule has 3 amide bonds. The van der Waals surface area contributed by atoms with Gasteiger partial charge in [0.2, 0.25) is 5.91 Å². The number of amides is 3. The number of aryl methyl sites for hydroxylation is 2. The molecule has 0 aliphatic rings. The van der Waals surface area contributed by atoms with Gasteiger partial charge in [-0.2, -0.15) is 11.8 Å². The molecule has 0 aliphatic heterocycles. The van der Waals surface area contributed by atoms with Gasteiger partial charge in [-0.05, 0) is 82.2 Å². The van der Waals surface area contributed by atoms with Gasteiger partial charge in [-0.3, -0.25) is 9.59 Å². The molecule has 0 heterocycles. The molecule has 238 valence electrons. The van der Waals surface area contributed by atoms with Gasteiger partial charge in [0.1, 0.15) is 17.7 Å². The minimum Gasteiger partial charge on any atom is -0.444 e. The van der Waals surface area contributed by atoms with Crippen molar-refractivity contribution in [2.45, 2.75) is 104 Å². The largest absolute Gasteiger partial charge is 0.444 e. The van der Waals surface area contributed by atoms with Crippen LogP contribution in [0, 0.1) is 13.8 Å². The first-order chi connectivity index (χ1) is 20.4. The lowest BCUT2D eigenvalue weighted by Crippen LogP contribution is -2.53. The number of halogens is 1. The van der Waals surface area contributed by atoms with Crippen LogP contribution < -0.4 is 10.6 Å². The number of hydrogen-bond donors (Lipinski definition) is 2. The van der Waals surface area contributed by atoms with E-state index in [1.807, 2.05) is 56.5 Å². The lowest BCUT2D eigenvalue weighted by atomic mass is 9.97. The van der Waals surface area contributed by atoms with Crippen molar-refractivity contribution in [3.8, 4) is 0 Å². The van der Waals surface area contributed by atoms with E-state index in [2.05, 4.69) is 17.6 Å². The van der Waals surface area contributed by atoms with Crippen LogP contribution in [0.15, 0.2) is 42.5 Å². The van der Waals surface area contributed by atoms with Crippen molar-refractivity contribution in [1.82, 2.24) is 10.2 Å². The molecule has 0 spiro atoms. The fraction of sp³-hybridized carbons (Fsp3) is 0.559. The average Bonchev–Trinajstić information content (AvgIpc) is 2.93.